The molecule has 3 nitrogen and oxygen atoms in total. The van der Waals surface area contributed by atoms with Gasteiger partial charge < -0.3 is 9.80 Å². The first-order chi connectivity index (χ1) is 37.4. The van der Waals surface area contributed by atoms with Crippen LogP contribution >= 0.6 is 0 Å². The van der Waals surface area contributed by atoms with Crippen LogP contribution < -0.4 is 9.80 Å². The van der Waals surface area contributed by atoms with E-state index in [0.717, 1.165) is 78.9 Å². The van der Waals surface area contributed by atoms with Crippen LogP contribution in [0.25, 0.3) is 44.6 Å². The summed E-state index contributed by atoms with van der Waals surface area (Å²) in [7, 11) is 0. The predicted octanol–water partition coefficient (Wildman–Crippen LogP) is 19.4. The molecule has 0 saturated carbocycles. The fourth-order valence-corrected chi connectivity index (χ4v) is 11.1. The quantitative estimate of drug-likeness (QED) is 0.0950. The van der Waals surface area contributed by atoms with E-state index in [-0.39, 0.29) is 33.2 Å². The molecule has 78 heavy (non-hydrogen) atoms. The summed E-state index contributed by atoms with van der Waals surface area (Å²) in [5.41, 5.74) is 20.7. The zero-order valence-corrected chi connectivity index (χ0v) is 47.1. The average molecular weight is 1190 g/mol. The number of hydrogen-bond donors (Lipinski definition) is 0. The molecular formula is C74H60AuN3. The van der Waals surface area contributed by atoms with Gasteiger partial charge >= 0.3 is 22.4 Å². The number of fused-ring (bicyclic) bond motifs is 3. The average Bonchev–Trinajstić information content (AvgIpc) is 3.88. The summed E-state index contributed by atoms with van der Waals surface area (Å²) in [6.07, 6.45) is 0. The Labute approximate surface area is 477 Å². The molecule has 1 aliphatic carbocycles. The van der Waals surface area contributed by atoms with E-state index in [0.29, 0.717) is 0 Å². The number of aromatic nitrogens is 1. The van der Waals surface area contributed by atoms with Crippen molar-refractivity contribution in [1.29, 1.82) is 0 Å². The Hall–Kier alpha value is -8.31. The van der Waals surface area contributed by atoms with E-state index in [1.165, 1.54) is 33.4 Å². The number of nitrogens with zero attached hydrogens (tertiary/aromatic N) is 3. The summed E-state index contributed by atoms with van der Waals surface area (Å²) in [4.78, 5) is 10.4. The van der Waals surface area contributed by atoms with E-state index in [1.807, 2.05) is 6.07 Å². The van der Waals surface area contributed by atoms with E-state index < -0.39 is 5.41 Å². The molecule has 10 aromatic carbocycles. The Morgan fingerprint density at radius 2 is 0.859 bits per heavy atom. The molecule has 1 aliphatic rings. The summed E-state index contributed by atoms with van der Waals surface area (Å²) in [5.74, 6) is 0. The normalized spacial score (nSPS) is 12.5. The Morgan fingerprint density at radius 3 is 1.33 bits per heavy atom. The first kappa shape index (κ1) is 51.8. The van der Waals surface area contributed by atoms with Crippen LogP contribution in [0.15, 0.2) is 255 Å². The van der Waals surface area contributed by atoms with Gasteiger partial charge in [0, 0.05) is 39.8 Å². The van der Waals surface area contributed by atoms with Crippen molar-refractivity contribution in [3.05, 3.63) is 306 Å². The third-order valence-electron chi connectivity index (χ3n) is 15.1. The van der Waals surface area contributed by atoms with Gasteiger partial charge in [0.15, 0.2) is 0 Å². The van der Waals surface area contributed by atoms with Crippen LogP contribution in [0.1, 0.15) is 75.1 Å². The van der Waals surface area contributed by atoms with Crippen molar-refractivity contribution in [3.8, 4) is 44.6 Å². The number of pyridine rings is 1. The molecule has 12 rings (SSSR count). The summed E-state index contributed by atoms with van der Waals surface area (Å²) in [5, 5.41) is 0. The zero-order chi connectivity index (χ0) is 52.7. The molecule has 1 heterocycles. The number of benzene rings is 10. The van der Waals surface area contributed by atoms with Crippen LogP contribution in [-0.2, 0) is 38.6 Å². The van der Waals surface area contributed by atoms with Crippen LogP contribution in [0.5, 0.6) is 0 Å². The number of rotatable bonds is 11. The monoisotopic (exact) mass is 1190 g/mol. The van der Waals surface area contributed by atoms with Crippen LogP contribution in [0, 0.1) is 18.2 Å². The summed E-state index contributed by atoms with van der Waals surface area (Å²) in [6, 6.07) is 103. The molecule has 1 aromatic heterocycles. The van der Waals surface area contributed by atoms with Crippen molar-refractivity contribution < 1.29 is 22.4 Å². The SMILES string of the molecule is CC(C)(C)c1ccc2c(c1)C(c1[c-]cccc1)(c1cccc(-c3[c-]c(-c4[c-]cc(N(c5ccccc5)c5ccccc5)cc4)cc(-c4ccc(N(c5ccccc5)c5ccccc5)cc4)c3)n1)c1cc(C(C)(C)C)ccc1-2.[Au+3]. The second kappa shape index (κ2) is 21.3. The Bertz CT molecular complexity index is 3560. The van der Waals surface area contributed by atoms with Crippen molar-refractivity contribution in [1.82, 2.24) is 4.98 Å². The predicted molar refractivity (Wildman–Crippen MR) is 321 cm³/mol. The minimum Gasteiger partial charge on any atom is -0.352 e. The first-order valence-corrected chi connectivity index (χ1v) is 26.7. The molecule has 0 unspecified atom stereocenters. The van der Waals surface area contributed by atoms with E-state index in [1.54, 1.807) is 0 Å². The van der Waals surface area contributed by atoms with E-state index in [4.69, 9.17) is 4.98 Å². The molecule has 0 fully saturated rings. The maximum atomic E-state index is 5.86. The molecule has 382 valence electrons. The minimum atomic E-state index is -0.767. The molecule has 0 aliphatic heterocycles. The van der Waals surface area contributed by atoms with E-state index in [9.17, 15) is 0 Å². The maximum Gasteiger partial charge on any atom is 3.00 e. The van der Waals surface area contributed by atoms with E-state index in [2.05, 4.69) is 318 Å². The summed E-state index contributed by atoms with van der Waals surface area (Å²) < 4.78 is 0. The van der Waals surface area contributed by atoms with Crippen LogP contribution in [0.3, 0.4) is 0 Å². The van der Waals surface area contributed by atoms with Crippen molar-refractivity contribution in [2.75, 3.05) is 9.80 Å². The van der Waals surface area contributed by atoms with Crippen molar-refractivity contribution in [2.45, 2.75) is 57.8 Å². The summed E-state index contributed by atoms with van der Waals surface area (Å²) >= 11 is 0. The zero-order valence-electron chi connectivity index (χ0n) is 44.9. The smallest absolute Gasteiger partial charge is 0.352 e. The van der Waals surface area contributed by atoms with Gasteiger partial charge in [-0.15, -0.1) is 29.3 Å². The molecule has 0 amide bonds. The van der Waals surface area contributed by atoms with Gasteiger partial charge in [-0.1, -0.05) is 181 Å². The molecule has 11 aromatic rings. The van der Waals surface area contributed by atoms with Gasteiger partial charge in [0.05, 0.1) is 5.41 Å². The first-order valence-electron chi connectivity index (χ1n) is 26.7. The van der Waals surface area contributed by atoms with Gasteiger partial charge in [-0.3, -0.25) is 4.98 Å². The Morgan fingerprint density at radius 1 is 0.385 bits per heavy atom. The minimum absolute atomic E-state index is 0. The Balaban J connectivity index is 0.00000645. The van der Waals surface area contributed by atoms with Crippen LogP contribution in [0.4, 0.5) is 34.1 Å². The van der Waals surface area contributed by atoms with Crippen LogP contribution in [0.2, 0.25) is 0 Å². The van der Waals surface area contributed by atoms with Gasteiger partial charge in [-0.05, 0) is 122 Å². The van der Waals surface area contributed by atoms with Crippen molar-refractivity contribution in [2.24, 2.45) is 0 Å². The van der Waals surface area contributed by atoms with Crippen molar-refractivity contribution >= 4 is 34.1 Å². The summed E-state index contributed by atoms with van der Waals surface area (Å²) in [6.45, 7) is 13.8. The fraction of sp³-hybridized carbons (Fsp3) is 0.122. The number of para-hydroxylation sites is 4. The maximum absolute atomic E-state index is 5.86. The molecule has 0 bridgehead atoms. The standard InChI is InChI=1S/C74H60N3.Au/c1-72(2,3)58-39-45-66-67-46-40-59(73(4,5)6)51-69(67)74(68(66)50-58,57-23-12-7-13-24-57)71-34-22-33-70(75-71)56-48-54(52-35-41-64(42-36-52)76(60-25-14-8-15-26-60)61-27-16-9-17-28-61)47-55(49-56)53-37-43-65(44-38-53)77(62-29-18-10-19-30-62)63-31-20-11-21-32-63;/h7-23,25-37,39-48,50-51H,1-6H3;/q-3;+3. The van der Waals surface area contributed by atoms with Gasteiger partial charge in [0.25, 0.3) is 0 Å². The second-order valence-electron chi connectivity index (χ2n) is 22.2. The van der Waals surface area contributed by atoms with Gasteiger partial charge in [0.1, 0.15) is 0 Å². The largest absolute Gasteiger partial charge is 3.00 e. The molecule has 0 N–H and O–H groups in total. The van der Waals surface area contributed by atoms with Gasteiger partial charge in [-0.25, -0.2) is 5.56 Å². The number of hydrogen-bond acceptors (Lipinski definition) is 3. The molecule has 0 radical (unpaired) electrons. The van der Waals surface area contributed by atoms with Crippen LogP contribution in [-0.4, -0.2) is 4.98 Å². The fourth-order valence-electron chi connectivity index (χ4n) is 11.1. The van der Waals surface area contributed by atoms with Gasteiger partial charge in [-0.2, -0.15) is 60.2 Å². The molecule has 0 spiro atoms. The Kier molecular flexibility index (Phi) is 14.1. The topological polar surface area (TPSA) is 19.4 Å². The third kappa shape index (κ3) is 9.75. The van der Waals surface area contributed by atoms with Crippen molar-refractivity contribution in [3.63, 3.8) is 0 Å². The molecule has 0 saturated heterocycles. The third-order valence-corrected chi connectivity index (χ3v) is 15.1. The second-order valence-corrected chi connectivity index (χ2v) is 22.2. The van der Waals surface area contributed by atoms with E-state index >= 15 is 0 Å². The number of anilines is 6. The van der Waals surface area contributed by atoms with Gasteiger partial charge in [0.2, 0.25) is 0 Å². The molecular weight excluding hydrogens is 1130 g/mol. The molecule has 0 atom stereocenters. The molecule has 4 heteroatoms.